The first-order valence-corrected chi connectivity index (χ1v) is 6.94. The van der Waals surface area contributed by atoms with Gasteiger partial charge >= 0.3 is 6.03 Å². The topological polar surface area (TPSA) is 44.4 Å². The number of nitrogens with zero attached hydrogens (tertiary/aromatic N) is 1. The number of urea groups is 1. The zero-order valence-corrected chi connectivity index (χ0v) is 11.0. The number of hydrogen-bond acceptors (Lipinski definition) is 2. The Kier molecular flexibility index (Phi) is 4.26. The van der Waals surface area contributed by atoms with E-state index in [2.05, 4.69) is 24.5 Å². The zero-order valence-electron chi connectivity index (χ0n) is 11.0. The molecule has 2 heterocycles. The average molecular weight is 239 g/mol. The van der Waals surface area contributed by atoms with Crippen molar-refractivity contribution in [3.05, 3.63) is 0 Å². The minimum absolute atomic E-state index is 0.128. The molecule has 2 aliphatic heterocycles. The predicted molar refractivity (Wildman–Crippen MR) is 69.0 cm³/mol. The van der Waals surface area contributed by atoms with Crippen LogP contribution in [0, 0.1) is 5.92 Å². The van der Waals surface area contributed by atoms with E-state index in [1.807, 2.05) is 4.90 Å². The van der Waals surface area contributed by atoms with E-state index in [-0.39, 0.29) is 6.03 Å². The predicted octanol–water partition coefficient (Wildman–Crippen LogP) is 1.57. The molecule has 2 unspecified atom stereocenters. The van der Waals surface area contributed by atoms with Gasteiger partial charge in [-0.05, 0) is 31.7 Å². The highest BCUT2D eigenvalue weighted by Crippen LogP contribution is 2.15. The van der Waals surface area contributed by atoms with Gasteiger partial charge in [-0.3, -0.25) is 0 Å². The first-order valence-electron chi connectivity index (χ1n) is 6.94. The van der Waals surface area contributed by atoms with Crippen molar-refractivity contribution in [1.29, 1.82) is 0 Å². The number of hydrogen-bond donors (Lipinski definition) is 2. The van der Waals surface area contributed by atoms with E-state index in [0.717, 1.165) is 26.1 Å². The van der Waals surface area contributed by atoms with Crippen molar-refractivity contribution in [2.45, 2.75) is 51.6 Å². The molecule has 0 aliphatic carbocycles. The molecular formula is C13H25N3O. The largest absolute Gasteiger partial charge is 0.333 e. The molecule has 2 saturated heterocycles. The second kappa shape index (κ2) is 5.71. The Morgan fingerprint density at radius 1 is 1.35 bits per heavy atom. The summed E-state index contributed by atoms with van der Waals surface area (Å²) in [6.45, 7) is 7.28. The first-order chi connectivity index (χ1) is 8.15. The highest BCUT2D eigenvalue weighted by molar-refractivity contribution is 5.76. The van der Waals surface area contributed by atoms with E-state index in [1.165, 1.54) is 19.3 Å². The Morgan fingerprint density at radius 2 is 2.18 bits per heavy atom. The first kappa shape index (κ1) is 12.7. The van der Waals surface area contributed by atoms with Crippen LogP contribution in [0.3, 0.4) is 0 Å². The molecule has 4 nitrogen and oxygen atoms in total. The maximum absolute atomic E-state index is 11.8. The number of nitrogens with one attached hydrogen (secondary N) is 2. The highest BCUT2D eigenvalue weighted by atomic mass is 16.2. The summed E-state index contributed by atoms with van der Waals surface area (Å²) in [6.07, 6.45) is 4.86. The molecule has 0 spiro atoms. The molecular weight excluding hydrogens is 214 g/mol. The Labute approximate surface area is 104 Å². The third-order valence-corrected chi connectivity index (χ3v) is 3.66. The summed E-state index contributed by atoms with van der Waals surface area (Å²) in [5.41, 5.74) is 0. The molecule has 0 saturated carbocycles. The van der Waals surface area contributed by atoms with Gasteiger partial charge in [-0.1, -0.05) is 20.3 Å². The lowest BCUT2D eigenvalue weighted by atomic mass is 10.0. The van der Waals surface area contributed by atoms with Gasteiger partial charge in [0.05, 0.1) is 0 Å². The molecule has 98 valence electrons. The van der Waals surface area contributed by atoms with Gasteiger partial charge in [0, 0.05) is 25.2 Å². The van der Waals surface area contributed by atoms with Gasteiger partial charge in [0.15, 0.2) is 0 Å². The van der Waals surface area contributed by atoms with Crippen LogP contribution in [0.2, 0.25) is 0 Å². The lowest BCUT2D eigenvalue weighted by molar-refractivity contribution is 0.207. The molecule has 2 amide bonds. The number of amides is 2. The number of carbonyl (C=O) groups excluding carboxylic acids is 1. The SMILES string of the molecule is CC(C)CC1CN(CC2CCCCN2)C(=O)N1. The summed E-state index contributed by atoms with van der Waals surface area (Å²) in [6, 6.07) is 0.987. The Morgan fingerprint density at radius 3 is 2.82 bits per heavy atom. The van der Waals surface area contributed by atoms with Crippen LogP contribution in [0.4, 0.5) is 4.79 Å². The molecule has 2 fully saturated rings. The molecule has 0 aromatic rings. The van der Waals surface area contributed by atoms with Crippen LogP contribution in [0.5, 0.6) is 0 Å². The van der Waals surface area contributed by atoms with Crippen molar-refractivity contribution in [2.75, 3.05) is 19.6 Å². The molecule has 2 N–H and O–H groups in total. The van der Waals surface area contributed by atoms with Crippen molar-refractivity contribution < 1.29 is 4.79 Å². The number of carbonyl (C=O) groups is 1. The lowest BCUT2D eigenvalue weighted by Crippen LogP contribution is -2.44. The van der Waals surface area contributed by atoms with E-state index in [1.54, 1.807) is 0 Å². The van der Waals surface area contributed by atoms with Crippen molar-refractivity contribution in [3.8, 4) is 0 Å². The van der Waals surface area contributed by atoms with Crippen molar-refractivity contribution in [2.24, 2.45) is 5.92 Å². The van der Waals surface area contributed by atoms with Gasteiger partial charge in [-0.25, -0.2) is 4.79 Å². The second-order valence-corrected chi connectivity index (χ2v) is 5.83. The van der Waals surface area contributed by atoms with Gasteiger partial charge in [0.25, 0.3) is 0 Å². The van der Waals surface area contributed by atoms with E-state index < -0.39 is 0 Å². The molecule has 0 aromatic heterocycles. The summed E-state index contributed by atoms with van der Waals surface area (Å²) in [5, 5.41) is 6.58. The van der Waals surface area contributed by atoms with Crippen molar-refractivity contribution in [1.82, 2.24) is 15.5 Å². The summed E-state index contributed by atoms with van der Waals surface area (Å²) < 4.78 is 0. The fourth-order valence-corrected chi connectivity index (χ4v) is 2.87. The molecule has 0 radical (unpaired) electrons. The van der Waals surface area contributed by atoms with Gasteiger partial charge in [-0.2, -0.15) is 0 Å². The fraction of sp³-hybridized carbons (Fsp3) is 0.923. The summed E-state index contributed by atoms with van der Waals surface area (Å²) >= 11 is 0. The number of rotatable bonds is 4. The maximum atomic E-state index is 11.8. The minimum atomic E-state index is 0.128. The lowest BCUT2D eigenvalue weighted by Gasteiger charge is -2.27. The molecule has 17 heavy (non-hydrogen) atoms. The third-order valence-electron chi connectivity index (χ3n) is 3.66. The molecule has 2 rings (SSSR count). The average Bonchev–Trinajstić information content (AvgIpc) is 2.59. The van der Waals surface area contributed by atoms with Crippen LogP contribution in [0.25, 0.3) is 0 Å². The molecule has 0 aromatic carbocycles. The normalized spacial score (nSPS) is 29.8. The highest BCUT2D eigenvalue weighted by Gasteiger charge is 2.30. The van der Waals surface area contributed by atoms with E-state index in [0.29, 0.717) is 18.0 Å². The van der Waals surface area contributed by atoms with Gasteiger partial charge in [0.1, 0.15) is 0 Å². The summed E-state index contributed by atoms with van der Waals surface area (Å²) in [5.74, 6) is 0.646. The van der Waals surface area contributed by atoms with Crippen LogP contribution >= 0.6 is 0 Å². The van der Waals surface area contributed by atoms with E-state index in [4.69, 9.17) is 0 Å². The minimum Gasteiger partial charge on any atom is -0.333 e. The van der Waals surface area contributed by atoms with Crippen LogP contribution in [-0.2, 0) is 0 Å². The Hall–Kier alpha value is -0.770. The Bertz CT molecular complexity index is 261. The van der Waals surface area contributed by atoms with Crippen molar-refractivity contribution >= 4 is 6.03 Å². The summed E-state index contributed by atoms with van der Waals surface area (Å²) in [4.78, 5) is 13.8. The smallest absolute Gasteiger partial charge is 0.317 e. The molecule has 0 bridgehead atoms. The van der Waals surface area contributed by atoms with E-state index in [9.17, 15) is 4.79 Å². The van der Waals surface area contributed by atoms with Crippen LogP contribution < -0.4 is 10.6 Å². The summed E-state index contributed by atoms with van der Waals surface area (Å²) in [7, 11) is 0. The third kappa shape index (κ3) is 3.60. The van der Waals surface area contributed by atoms with Crippen LogP contribution in [0.1, 0.15) is 39.5 Å². The van der Waals surface area contributed by atoms with Crippen LogP contribution in [-0.4, -0.2) is 42.6 Å². The monoisotopic (exact) mass is 239 g/mol. The molecule has 4 heteroatoms. The number of piperidine rings is 1. The second-order valence-electron chi connectivity index (χ2n) is 5.83. The van der Waals surface area contributed by atoms with Crippen LogP contribution in [0.15, 0.2) is 0 Å². The molecule has 2 atom stereocenters. The maximum Gasteiger partial charge on any atom is 0.317 e. The fourth-order valence-electron chi connectivity index (χ4n) is 2.87. The van der Waals surface area contributed by atoms with Gasteiger partial charge in [0.2, 0.25) is 0 Å². The zero-order chi connectivity index (χ0) is 12.3. The Balaban J connectivity index is 1.79. The standard InChI is InChI=1S/C13H25N3O/c1-10(2)7-12-9-16(13(17)15-12)8-11-5-3-4-6-14-11/h10-12,14H,3-9H2,1-2H3,(H,15,17). The van der Waals surface area contributed by atoms with Gasteiger partial charge in [-0.15, -0.1) is 0 Å². The van der Waals surface area contributed by atoms with Crippen molar-refractivity contribution in [3.63, 3.8) is 0 Å². The van der Waals surface area contributed by atoms with E-state index >= 15 is 0 Å². The quantitative estimate of drug-likeness (QED) is 0.782. The van der Waals surface area contributed by atoms with Gasteiger partial charge < -0.3 is 15.5 Å². The molecule has 2 aliphatic rings.